The number of likely N-dealkylation sites (tertiary alicyclic amines) is 1. The van der Waals surface area contributed by atoms with Crippen molar-refractivity contribution in [3.8, 4) is 5.75 Å². The molecule has 2 rings (SSSR count). The number of hydrogen-bond donors (Lipinski definition) is 1. The maximum Gasteiger partial charge on any atom is 0.573 e. The quantitative estimate of drug-likeness (QED) is 0.901. The molecule has 0 bridgehead atoms. The predicted molar refractivity (Wildman–Crippen MR) is 70.4 cm³/mol. The molecule has 3 nitrogen and oxygen atoms in total. The zero-order chi connectivity index (χ0) is 14.6. The van der Waals surface area contributed by atoms with E-state index in [-0.39, 0.29) is 5.75 Å². The molecule has 20 heavy (non-hydrogen) atoms. The molecule has 1 aliphatic rings. The van der Waals surface area contributed by atoms with E-state index in [9.17, 15) is 13.2 Å². The SMILES string of the molecule is CN1CCC(CNCc2ccc(OC(F)(F)F)cc2)C1. The molecule has 112 valence electrons. The molecule has 6 heteroatoms. The van der Waals surface area contributed by atoms with Crippen LogP contribution in [0.1, 0.15) is 12.0 Å². The average Bonchev–Trinajstić information content (AvgIpc) is 2.75. The number of halogens is 3. The standard InChI is InChI=1S/C14H19F3N2O/c1-19-7-6-12(10-19)9-18-8-11-2-4-13(5-3-11)20-14(15,16)17/h2-5,12,18H,6-10H2,1H3. The molecule has 1 fully saturated rings. The molecule has 1 heterocycles. The van der Waals surface area contributed by atoms with Crippen LogP contribution in [0.3, 0.4) is 0 Å². The number of benzene rings is 1. The highest BCUT2D eigenvalue weighted by atomic mass is 19.4. The van der Waals surface area contributed by atoms with Crippen molar-refractivity contribution in [2.45, 2.75) is 19.3 Å². The first-order valence-electron chi connectivity index (χ1n) is 6.66. The third kappa shape index (κ3) is 5.02. The second kappa shape index (κ2) is 6.45. The van der Waals surface area contributed by atoms with E-state index in [1.165, 1.54) is 18.6 Å². The monoisotopic (exact) mass is 288 g/mol. The minimum absolute atomic E-state index is 0.182. The molecule has 1 saturated heterocycles. The van der Waals surface area contributed by atoms with Crippen LogP contribution in [0.5, 0.6) is 5.75 Å². The summed E-state index contributed by atoms with van der Waals surface area (Å²) in [4.78, 5) is 2.30. The molecule has 0 aliphatic carbocycles. The Balaban J connectivity index is 1.73. The van der Waals surface area contributed by atoms with E-state index in [4.69, 9.17) is 0 Å². The lowest BCUT2D eigenvalue weighted by molar-refractivity contribution is -0.274. The average molecular weight is 288 g/mol. The maximum atomic E-state index is 12.0. The van der Waals surface area contributed by atoms with Gasteiger partial charge in [-0.25, -0.2) is 0 Å². The van der Waals surface area contributed by atoms with Crippen molar-refractivity contribution in [3.05, 3.63) is 29.8 Å². The lowest BCUT2D eigenvalue weighted by atomic mass is 10.1. The minimum Gasteiger partial charge on any atom is -0.406 e. The summed E-state index contributed by atoms with van der Waals surface area (Å²) in [6.07, 6.45) is -3.43. The summed E-state index contributed by atoms with van der Waals surface area (Å²) in [5.41, 5.74) is 0.950. The number of alkyl halides is 3. The van der Waals surface area contributed by atoms with Gasteiger partial charge >= 0.3 is 6.36 Å². The molecular weight excluding hydrogens is 269 g/mol. The predicted octanol–water partition coefficient (Wildman–Crippen LogP) is 2.63. The Morgan fingerprint density at radius 3 is 2.55 bits per heavy atom. The van der Waals surface area contributed by atoms with Crippen LogP contribution in [0.4, 0.5) is 13.2 Å². The summed E-state index contributed by atoms with van der Waals surface area (Å²) in [5.74, 6) is 0.478. The van der Waals surface area contributed by atoms with E-state index in [2.05, 4.69) is 22.0 Å². The van der Waals surface area contributed by atoms with Gasteiger partial charge in [0.2, 0.25) is 0 Å². The highest BCUT2D eigenvalue weighted by molar-refractivity contribution is 5.27. The Hall–Kier alpha value is -1.27. The fraction of sp³-hybridized carbons (Fsp3) is 0.571. The van der Waals surface area contributed by atoms with Gasteiger partial charge in [-0.1, -0.05) is 12.1 Å². The molecule has 0 radical (unpaired) electrons. The first kappa shape index (κ1) is 15.1. The molecule has 0 spiro atoms. The van der Waals surface area contributed by atoms with Crippen molar-refractivity contribution in [3.63, 3.8) is 0 Å². The van der Waals surface area contributed by atoms with Crippen LogP contribution >= 0.6 is 0 Å². The van der Waals surface area contributed by atoms with Gasteiger partial charge in [0.05, 0.1) is 0 Å². The molecule has 1 aromatic carbocycles. The van der Waals surface area contributed by atoms with E-state index < -0.39 is 6.36 Å². The van der Waals surface area contributed by atoms with Crippen molar-refractivity contribution in [1.82, 2.24) is 10.2 Å². The molecule has 1 aliphatic heterocycles. The Kier molecular flexibility index (Phi) is 4.88. The highest BCUT2D eigenvalue weighted by Gasteiger charge is 2.30. The minimum atomic E-state index is -4.63. The van der Waals surface area contributed by atoms with Crippen LogP contribution in [0.2, 0.25) is 0 Å². The Morgan fingerprint density at radius 1 is 1.30 bits per heavy atom. The second-order valence-corrected chi connectivity index (χ2v) is 5.24. The van der Waals surface area contributed by atoms with Crippen molar-refractivity contribution in [1.29, 1.82) is 0 Å². The summed E-state index contributed by atoms with van der Waals surface area (Å²) in [5, 5.41) is 3.34. The van der Waals surface area contributed by atoms with E-state index >= 15 is 0 Å². The lowest BCUT2D eigenvalue weighted by Gasteiger charge is -2.12. The number of ether oxygens (including phenoxy) is 1. The van der Waals surface area contributed by atoms with E-state index in [1.807, 2.05) is 0 Å². The molecule has 1 N–H and O–H groups in total. The zero-order valence-electron chi connectivity index (χ0n) is 11.4. The van der Waals surface area contributed by atoms with Crippen molar-refractivity contribution in [2.24, 2.45) is 5.92 Å². The molecule has 0 saturated carbocycles. The molecule has 0 aromatic heterocycles. The topological polar surface area (TPSA) is 24.5 Å². The summed E-state index contributed by atoms with van der Waals surface area (Å²) >= 11 is 0. The Labute approximate surface area is 116 Å². The van der Waals surface area contributed by atoms with Crippen LogP contribution in [-0.4, -0.2) is 37.9 Å². The number of rotatable bonds is 5. The highest BCUT2D eigenvalue weighted by Crippen LogP contribution is 2.22. The summed E-state index contributed by atoms with van der Waals surface area (Å²) in [6.45, 7) is 3.83. The van der Waals surface area contributed by atoms with Gasteiger partial charge in [-0.2, -0.15) is 0 Å². The fourth-order valence-electron chi connectivity index (χ4n) is 2.42. The van der Waals surface area contributed by atoms with Crippen LogP contribution in [0.15, 0.2) is 24.3 Å². The molecule has 0 amide bonds. The third-order valence-electron chi connectivity index (χ3n) is 3.41. The normalized spacial score (nSPS) is 20.3. The number of nitrogens with one attached hydrogen (secondary N) is 1. The fourth-order valence-corrected chi connectivity index (χ4v) is 2.42. The van der Waals surface area contributed by atoms with Gasteiger partial charge in [-0.15, -0.1) is 13.2 Å². The van der Waals surface area contributed by atoms with Gasteiger partial charge in [-0.3, -0.25) is 0 Å². The summed E-state index contributed by atoms with van der Waals surface area (Å²) < 4.78 is 39.9. The van der Waals surface area contributed by atoms with Crippen molar-refractivity contribution < 1.29 is 17.9 Å². The van der Waals surface area contributed by atoms with Gasteiger partial charge < -0.3 is 15.0 Å². The Bertz CT molecular complexity index is 419. The van der Waals surface area contributed by atoms with Crippen LogP contribution in [0.25, 0.3) is 0 Å². The van der Waals surface area contributed by atoms with Gasteiger partial charge in [0.1, 0.15) is 5.75 Å². The smallest absolute Gasteiger partial charge is 0.406 e. The molecular formula is C14H19F3N2O. The van der Waals surface area contributed by atoms with Crippen molar-refractivity contribution >= 4 is 0 Å². The lowest BCUT2D eigenvalue weighted by Crippen LogP contribution is -2.24. The van der Waals surface area contributed by atoms with Gasteiger partial charge in [0.15, 0.2) is 0 Å². The van der Waals surface area contributed by atoms with Gasteiger partial charge in [-0.05, 0) is 50.2 Å². The number of nitrogens with zero attached hydrogens (tertiary/aromatic N) is 1. The largest absolute Gasteiger partial charge is 0.573 e. The van der Waals surface area contributed by atoms with E-state index in [0.29, 0.717) is 12.5 Å². The second-order valence-electron chi connectivity index (χ2n) is 5.24. The van der Waals surface area contributed by atoms with Gasteiger partial charge in [0.25, 0.3) is 0 Å². The van der Waals surface area contributed by atoms with E-state index in [1.54, 1.807) is 12.1 Å². The van der Waals surface area contributed by atoms with Crippen molar-refractivity contribution in [2.75, 3.05) is 26.7 Å². The Morgan fingerprint density at radius 2 is 2.00 bits per heavy atom. The summed E-state index contributed by atoms with van der Waals surface area (Å²) in [7, 11) is 2.11. The first-order valence-corrected chi connectivity index (χ1v) is 6.66. The molecule has 1 aromatic rings. The third-order valence-corrected chi connectivity index (χ3v) is 3.41. The summed E-state index contributed by atoms with van der Waals surface area (Å²) in [6, 6.07) is 5.98. The molecule has 1 unspecified atom stereocenters. The van der Waals surface area contributed by atoms with Crippen LogP contribution in [0, 0.1) is 5.92 Å². The maximum absolute atomic E-state index is 12.0. The van der Waals surface area contributed by atoms with E-state index in [0.717, 1.165) is 25.2 Å². The number of hydrogen-bond acceptors (Lipinski definition) is 3. The van der Waals surface area contributed by atoms with Crippen LogP contribution < -0.4 is 10.1 Å². The zero-order valence-corrected chi connectivity index (χ0v) is 11.4. The molecule has 1 atom stereocenters. The van der Waals surface area contributed by atoms with Gasteiger partial charge in [0, 0.05) is 13.1 Å². The van der Waals surface area contributed by atoms with Crippen LogP contribution in [-0.2, 0) is 6.54 Å². The first-order chi connectivity index (χ1) is 9.42.